The molecule has 0 fully saturated rings. The maximum Gasteiger partial charge on any atom is 0.309 e. The predicted molar refractivity (Wildman–Crippen MR) is 62.3 cm³/mol. The molecule has 0 aliphatic heterocycles. The molecule has 6 amide bonds. The van der Waals surface area contributed by atoms with Crippen molar-refractivity contribution in [2.75, 3.05) is 12.4 Å². The second kappa shape index (κ2) is 23.2. The van der Waals surface area contributed by atoms with Crippen LogP contribution in [0.25, 0.3) is 0 Å². The average Bonchev–Trinajstić information content (AvgIpc) is 2.00. The molecule has 0 aromatic heterocycles. The second-order valence-corrected chi connectivity index (χ2v) is 2.10. The first-order valence-electron chi connectivity index (χ1n) is 3.48. The van der Waals surface area contributed by atoms with E-state index in [1.54, 1.807) is 0 Å². The van der Waals surface area contributed by atoms with E-state index in [0.717, 1.165) is 0 Å². The molecule has 0 aromatic carbocycles. The van der Waals surface area contributed by atoms with Gasteiger partial charge in [0.05, 0.1) is 6.61 Å². The van der Waals surface area contributed by atoms with Crippen molar-refractivity contribution < 1.29 is 19.5 Å². The molecule has 0 radical (unpaired) electrons. The lowest BCUT2D eigenvalue weighted by Gasteiger charge is -1.69. The molecule has 10 nitrogen and oxygen atoms in total. The van der Waals surface area contributed by atoms with Crippen molar-refractivity contribution in [1.82, 2.24) is 0 Å². The predicted octanol–water partition coefficient (Wildman–Crippen LogP) is -3.02. The standard InChI is InChI=1S/C2H6OS.3CH4N2O/c3-1-2-4;3*2-1(3)4/h3-4H,1-2H2;3*(H4,2,3,4). The first-order valence-corrected chi connectivity index (χ1v) is 4.11. The monoisotopic (exact) mass is 258 g/mol. The van der Waals surface area contributed by atoms with Crippen LogP contribution in [0, 0.1) is 0 Å². The lowest BCUT2D eigenvalue weighted by atomic mass is 10.9. The van der Waals surface area contributed by atoms with Crippen molar-refractivity contribution in [3.05, 3.63) is 0 Å². The third-order valence-electron chi connectivity index (χ3n) is 0.1000. The highest BCUT2D eigenvalue weighted by atomic mass is 32.1. The number of nitrogens with two attached hydrogens (primary N) is 6. The Morgan fingerprint density at radius 1 is 0.812 bits per heavy atom. The smallest absolute Gasteiger partial charge is 0.309 e. The first kappa shape index (κ1) is 23.7. The Bertz CT molecular complexity index is 147. The van der Waals surface area contributed by atoms with E-state index in [9.17, 15) is 0 Å². The van der Waals surface area contributed by atoms with Crippen molar-refractivity contribution in [1.29, 1.82) is 0 Å². The van der Waals surface area contributed by atoms with E-state index in [2.05, 4.69) is 47.0 Å². The number of hydrogen-bond acceptors (Lipinski definition) is 5. The quantitative estimate of drug-likeness (QED) is 0.229. The zero-order valence-electron chi connectivity index (χ0n) is 8.50. The van der Waals surface area contributed by atoms with E-state index in [0.29, 0.717) is 5.75 Å². The van der Waals surface area contributed by atoms with E-state index in [4.69, 9.17) is 19.5 Å². The van der Waals surface area contributed by atoms with Crippen molar-refractivity contribution in [2.45, 2.75) is 0 Å². The summed E-state index contributed by atoms with van der Waals surface area (Å²) in [6.45, 7) is 0.184. The number of amides is 6. The Hall–Kier alpha value is -1.88. The molecular formula is C5H18N6O4S. The lowest BCUT2D eigenvalue weighted by Crippen LogP contribution is -2.18. The van der Waals surface area contributed by atoms with Gasteiger partial charge in [-0.1, -0.05) is 0 Å². The zero-order valence-corrected chi connectivity index (χ0v) is 9.39. The number of carbonyl (C=O) groups excluding carboxylic acids is 3. The Morgan fingerprint density at radius 2 is 0.875 bits per heavy atom. The highest BCUT2D eigenvalue weighted by Gasteiger charge is 1.61. The molecule has 0 aliphatic rings. The first-order chi connectivity index (χ1) is 7.11. The van der Waals surface area contributed by atoms with Crippen LogP contribution in [0.3, 0.4) is 0 Å². The number of primary amides is 6. The third kappa shape index (κ3) is 1940. The normalized spacial score (nSPS) is 6.38. The van der Waals surface area contributed by atoms with E-state index >= 15 is 0 Å². The molecule has 0 saturated carbocycles. The second-order valence-electron chi connectivity index (χ2n) is 1.65. The van der Waals surface area contributed by atoms with E-state index in [1.165, 1.54) is 0 Å². The Morgan fingerprint density at radius 3 is 0.875 bits per heavy atom. The van der Waals surface area contributed by atoms with E-state index < -0.39 is 18.1 Å². The number of rotatable bonds is 1. The van der Waals surface area contributed by atoms with Crippen LogP contribution < -0.4 is 34.4 Å². The Balaban J connectivity index is -0.0000000600. The minimum absolute atomic E-state index is 0.184. The Labute approximate surface area is 97.7 Å². The summed E-state index contributed by atoms with van der Waals surface area (Å²) < 4.78 is 0. The fourth-order valence-electron chi connectivity index (χ4n) is 0. The van der Waals surface area contributed by atoms with Gasteiger partial charge in [0.15, 0.2) is 0 Å². The molecule has 16 heavy (non-hydrogen) atoms. The molecular weight excluding hydrogens is 240 g/mol. The summed E-state index contributed by atoms with van der Waals surface area (Å²) in [6, 6.07) is -2.50. The largest absolute Gasteiger partial charge is 0.396 e. The fraction of sp³-hybridized carbons (Fsp3) is 0.400. The molecule has 0 aromatic rings. The summed E-state index contributed by atoms with van der Waals surface area (Å²) in [6.07, 6.45) is 0. The van der Waals surface area contributed by atoms with Crippen LogP contribution in [0.1, 0.15) is 0 Å². The van der Waals surface area contributed by atoms with Crippen LogP contribution in [0.2, 0.25) is 0 Å². The number of thiol groups is 1. The van der Waals surface area contributed by atoms with Crippen molar-refractivity contribution in [2.24, 2.45) is 34.4 Å². The molecule has 0 bridgehead atoms. The number of aliphatic hydroxyl groups is 1. The summed E-state index contributed by atoms with van der Waals surface area (Å²) in [5, 5.41) is 7.80. The van der Waals surface area contributed by atoms with Gasteiger partial charge in [0.2, 0.25) is 0 Å². The fourth-order valence-corrected chi connectivity index (χ4v) is 0. The molecule has 0 heterocycles. The van der Waals surface area contributed by atoms with Crippen molar-refractivity contribution in [3.8, 4) is 0 Å². The average molecular weight is 258 g/mol. The van der Waals surface area contributed by atoms with Crippen LogP contribution in [0.15, 0.2) is 0 Å². The summed E-state index contributed by atoms with van der Waals surface area (Å²) in [5.41, 5.74) is 25.5. The highest BCUT2D eigenvalue weighted by Crippen LogP contribution is 1.61. The third-order valence-corrected chi connectivity index (χ3v) is 0.300. The van der Waals surface area contributed by atoms with Crippen molar-refractivity contribution in [3.63, 3.8) is 0 Å². The van der Waals surface area contributed by atoms with Gasteiger partial charge in [-0.2, -0.15) is 12.6 Å². The van der Waals surface area contributed by atoms with Gasteiger partial charge in [0.1, 0.15) is 0 Å². The highest BCUT2D eigenvalue weighted by molar-refractivity contribution is 7.80. The molecule has 0 atom stereocenters. The summed E-state index contributed by atoms with van der Waals surface area (Å²) >= 11 is 3.67. The number of carbonyl (C=O) groups is 3. The van der Waals surface area contributed by atoms with Crippen LogP contribution in [-0.4, -0.2) is 35.6 Å². The number of urea groups is 3. The molecule has 0 spiro atoms. The summed E-state index contributed by atoms with van der Waals surface area (Å²) in [4.78, 5) is 27.0. The minimum Gasteiger partial charge on any atom is -0.396 e. The molecule has 11 heteroatoms. The van der Waals surface area contributed by atoms with Gasteiger partial charge < -0.3 is 39.5 Å². The maximum atomic E-state index is 9.00. The molecule has 0 aliphatic carbocycles. The molecule has 0 saturated heterocycles. The minimum atomic E-state index is -0.833. The van der Waals surface area contributed by atoms with Gasteiger partial charge in [0.25, 0.3) is 0 Å². The van der Waals surface area contributed by atoms with Gasteiger partial charge in [-0.25, -0.2) is 14.4 Å². The molecule has 13 N–H and O–H groups in total. The maximum absolute atomic E-state index is 9.00. The van der Waals surface area contributed by atoms with Crippen LogP contribution in [0.4, 0.5) is 14.4 Å². The Kier molecular flexibility index (Phi) is 34.4. The number of hydrogen-bond donors (Lipinski definition) is 8. The molecule has 0 unspecified atom stereocenters. The zero-order chi connectivity index (χ0) is 14.1. The topological polar surface area (TPSA) is 228 Å². The van der Waals surface area contributed by atoms with E-state index in [-0.39, 0.29) is 6.61 Å². The van der Waals surface area contributed by atoms with Crippen LogP contribution >= 0.6 is 12.6 Å². The van der Waals surface area contributed by atoms with Crippen LogP contribution in [-0.2, 0) is 0 Å². The van der Waals surface area contributed by atoms with Gasteiger partial charge in [-0.3, -0.25) is 0 Å². The summed E-state index contributed by atoms with van der Waals surface area (Å²) in [5.74, 6) is 0.569. The van der Waals surface area contributed by atoms with Gasteiger partial charge in [-0.05, 0) is 0 Å². The van der Waals surface area contributed by atoms with Gasteiger partial charge >= 0.3 is 18.1 Å². The van der Waals surface area contributed by atoms with Crippen LogP contribution in [0.5, 0.6) is 0 Å². The van der Waals surface area contributed by atoms with Gasteiger partial charge in [-0.15, -0.1) is 0 Å². The number of aliphatic hydroxyl groups excluding tert-OH is 1. The molecule has 0 rings (SSSR count). The lowest BCUT2D eigenvalue weighted by molar-refractivity contribution is 0.255. The van der Waals surface area contributed by atoms with Crippen molar-refractivity contribution >= 4 is 30.7 Å². The molecule has 98 valence electrons. The SMILES string of the molecule is NC(N)=O.NC(N)=O.NC(N)=O.OCCS. The summed E-state index contributed by atoms with van der Waals surface area (Å²) in [7, 11) is 0. The van der Waals surface area contributed by atoms with E-state index in [1.807, 2.05) is 0 Å². The van der Waals surface area contributed by atoms with Gasteiger partial charge in [0, 0.05) is 5.75 Å².